The standard InChI is InChI=1S/C20H17FN4O/c1-26-13-14-8-10-25-18(11-14)24-19(17-7-2-3-9-22-17)20(25)23-16-6-4-5-15(21)12-16/h2-12,23H,13H2,1H3. The van der Waals surface area contributed by atoms with Gasteiger partial charge in [0, 0.05) is 25.2 Å². The molecule has 0 amide bonds. The number of imidazole rings is 1. The predicted octanol–water partition coefficient (Wildman–Crippen LogP) is 4.43. The Bertz CT molecular complexity index is 1050. The molecular weight excluding hydrogens is 331 g/mol. The second-order valence-corrected chi connectivity index (χ2v) is 5.86. The van der Waals surface area contributed by atoms with Crippen molar-refractivity contribution < 1.29 is 9.13 Å². The van der Waals surface area contributed by atoms with Gasteiger partial charge in [0.15, 0.2) is 0 Å². The maximum absolute atomic E-state index is 13.6. The van der Waals surface area contributed by atoms with Crippen LogP contribution in [0.4, 0.5) is 15.9 Å². The van der Waals surface area contributed by atoms with E-state index in [9.17, 15) is 4.39 Å². The third kappa shape index (κ3) is 3.14. The summed E-state index contributed by atoms with van der Waals surface area (Å²) in [6.45, 7) is 0.509. The topological polar surface area (TPSA) is 51.5 Å². The molecule has 0 saturated carbocycles. The van der Waals surface area contributed by atoms with E-state index >= 15 is 0 Å². The number of nitrogens with zero attached hydrogens (tertiary/aromatic N) is 3. The minimum Gasteiger partial charge on any atom is -0.380 e. The van der Waals surface area contributed by atoms with Crippen molar-refractivity contribution in [3.8, 4) is 11.4 Å². The van der Waals surface area contributed by atoms with Crippen molar-refractivity contribution in [2.24, 2.45) is 0 Å². The van der Waals surface area contributed by atoms with Crippen LogP contribution in [0.3, 0.4) is 0 Å². The Hall–Kier alpha value is -3.25. The molecule has 0 aliphatic carbocycles. The zero-order chi connectivity index (χ0) is 17.9. The minimum atomic E-state index is -0.300. The molecule has 1 aromatic carbocycles. The molecule has 4 rings (SSSR count). The van der Waals surface area contributed by atoms with Crippen LogP contribution >= 0.6 is 0 Å². The second kappa shape index (κ2) is 6.93. The van der Waals surface area contributed by atoms with E-state index in [-0.39, 0.29) is 5.82 Å². The van der Waals surface area contributed by atoms with Crippen LogP contribution in [0.15, 0.2) is 67.0 Å². The maximum atomic E-state index is 13.6. The fourth-order valence-corrected chi connectivity index (χ4v) is 2.85. The zero-order valence-electron chi connectivity index (χ0n) is 14.2. The maximum Gasteiger partial charge on any atom is 0.144 e. The number of aromatic nitrogens is 3. The number of fused-ring (bicyclic) bond motifs is 1. The van der Waals surface area contributed by atoms with Crippen LogP contribution in [0.2, 0.25) is 0 Å². The number of halogens is 1. The molecule has 5 nitrogen and oxygen atoms in total. The first kappa shape index (κ1) is 16.2. The Morgan fingerprint density at radius 1 is 1.12 bits per heavy atom. The summed E-state index contributed by atoms with van der Waals surface area (Å²) in [6.07, 6.45) is 3.65. The van der Waals surface area contributed by atoms with Gasteiger partial charge in [0.1, 0.15) is 23.0 Å². The summed E-state index contributed by atoms with van der Waals surface area (Å²) in [5.74, 6) is 0.429. The number of pyridine rings is 2. The molecule has 4 aromatic rings. The fraction of sp³-hybridized carbons (Fsp3) is 0.100. The van der Waals surface area contributed by atoms with Crippen LogP contribution in [0.1, 0.15) is 5.56 Å². The van der Waals surface area contributed by atoms with Crippen molar-refractivity contribution in [2.75, 3.05) is 12.4 Å². The Kier molecular flexibility index (Phi) is 4.33. The van der Waals surface area contributed by atoms with E-state index in [4.69, 9.17) is 9.72 Å². The highest BCUT2D eigenvalue weighted by Gasteiger charge is 2.16. The number of anilines is 2. The lowest BCUT2D eigenvalue weighted by Crippen LogP contribution is -1.98. The second-order valence-electron chi connectivity index (χ2n) is 5.86. The number of hydrogen-bond acceptors (Lipinski definition) is 4. The van der Waals surface area contributed by atoms with Crippen LogP contribution in [0.25, 0.3) is 17.0 Å². The van der Waals surface area contributed by atoms with Crippen LogP contribution in [0, 0.1) is 5.82 Å². The molecule has 1 N–H and O–H groups in total. The van der Waals surface area contributed by atoms with E-state index in [0.717, 1.165) is 22.7 Å². The van der Waals surface area contributed by atoms with E-state index in [1.807, 2.05) is 47.0 Å². The van der Waals surface area contributed by atoms with Crippen molar-refractivity contribution in [3.05, 3.63) is 78.4 Å². The van der Waals surface area contributed by atoms with Gasteiger partial charge < -0.3 is 10.1 Å². The highest BCUT2D eigenvalue weighted by atomic mass is 19.1. The van der Waals surface area contributed by atoms with Crippen molar-refractivity contribution in [1.29, 1.82) is 0 Å². The Balaban J connectivity index is 1.87. The van der Waals surface area contributed by atoms with E-state index < -0.39 is 0 Å². The quantitative estimate of drug-likeness (QED) is 0.580. The van der Waals surface area contributed by atoms with E-state index in [0.29, 0.717) is 18.0 Å². The fourth-order valence-electron chi connectivity index (χ4n) is 2.85. The summed E-state index contributed by atoms with van der Waals surface area (Å²) in [4.78, 5) is 9.14. The summed E-state index contributed by atoms with van der Waals surface area (Å²) in [7, 11) is 1.66. The molecule has 0 bridgehead atoms. The number of rotatable bonds is 5. The van der Waals surface area contributed by atoms with Crippen LogP contribution < -0.4 is 5.32 Å². The highest BCUT2D eigenvalue weighted by molar-refractivity contribution is 5.78. The molecule has 6 heteroatoms. The molecule has 0 fully saturated rings. The SMILES string of the molecule is COCc1ccn2c(Nc3cccc(F)c3)c(-c3ccccn3)nc2c1. The summed E-state index contributed by atoms with van der Waals surface area (Å²) in [5, 5.41) is 3.28. The molecule has 130 valence electrons. The molecule has 0 aliphatic heterocycles. The molecule has 0 radical (unpaired) electrons. The van der Waals surface area contributed by atoms with E-state index in [1.54, 1.807) is 19.4 Å². The lowest BCUT2D eigenvalue weighted by Gasteiger charge is -2.09. The van der Waals surface area contributed by atoms with Crippen LogP contribution in [-0.2, 0) is 11.3 Å². The first-order valence-corrected chi connectivity index (χ1v) is 8.18. The molecule has 0 saturated heterocycles. The van der Waals surface area contributed by atoms with Crippen LogP contribution in [-0.4, -0.2) is 21.5 Å². The van der Waals surface area contributed by atoms with Gasteiger partial charge in [0.05, 0.1) is 12.3 Å². The van der Waals surface area contributed by atoms with Crippen molar-refractivity contribution in [3.63, 3.8) is 0 Å². The summed E-state index contributed by atoms with van der Waals surface area (Å²) in [5.41, 5.74) is 3.87. The number of hydrogen-bond donors (Lipinski definition) is 1. The lowest BCUT2D eigenvalue weighted by molar-refractivity contribution is 0.185. The molecule has 3 heterocycles. The average Bonchev–Trinajstić information content (AvgIpc) is 3.00. The number of nitrogens with one attached hydrogen (secondary N) is 1. The predicted molar refractivity (Wildman–Crippen MR) is 98.8 cm³/mol. The lowest BCUT2D eigenvalue weighted by atomic mass is 10.2. The summed E-state index contributed by atoms with van der Waals surface area (Å²) < 4.78 is 20.7. The minimum absolute atomic E-state index is 0.300. The van der Waals surface area contributed by atoms with Gasteiger partial charge >= 0.3 is 0 Å². The molecule has 3 aromatic heterocycles. The highest BCUT2D eigenvalue weighted by Crippen LogP contribution is 2.30. The molecule has 0 aliphatic rings. The first-order chi connectivity index (χ1) is 12.7. The summed E-state index contributed by atoms with van der Waals surface area (Å²) in [6, 6.07) is 15.9. The first-order valence-electron chi connectivity index (χ1n) is 8.18. The number of methoxy groups -OCH3 is 1. The van der Waals surface area contributed by atoms with Gasteiger partial charge in [0.2, 0.25) is 0 Å². The van der Waals surface area contributed by atoms with E-state index in [1.165, 1.54) is 12.1 Å². The molecule has 26 heavy (non-hydrogen) atoms. The zero-order valence-corrected chi connectivity index (χ0v) is 14.2. The monoisotopic (exact) mass is 348 g/mol. The normalized spacial score (nSPS) is 11.0. The van der Waals surface area contributed by atoms with Gasteiger partial charge in [-0.05, 0) is 48.0 Å². The Labute approximate surface area is 150 Å². The molecular formula is C20H17FN4O. The molecule has 0 spiro atoms. The average molecular weight is 348 g/mol. The Morgan fingerprint density at radius 2 is 2.04 bits per heavy atom. The summed E-state index contributed by atoms with van der Waals surface area (Å²) >= 11 is 0. The van der Waals surface area contributed by atoms with Gasteiger partial charge in [0.25, 0.3) is 0 Å². The third-order valence-electron chi connectivity index (χ3n) is 4.00. The third-order valence-corrected chi connectivity index (χ3v) is 4.00. The van der Waals surface area contributed by atoms with Gasteiger partial charge in [-0.25, -0.2) is 9.37 Å². The molecule has 0 atom stereocenters. The van der Waals surface area contributed by atoms with Gasteiger partial charge in [-0.15, -0.1) is 0 Å². The number of ether oxygens (including phenoxy) is 1. The van der Waals surface area contributed by atoms with Crippen LogP contribution in [0.5, 0.6) is 0 Å². The van der Waals surface area contributed by atoms with Gasteiger partial charge in [-0.3, -0.25) is 9.38 Å². The van der Waals surface area contributed by atoms with Gasteiger partial charge in [-0.2, -0.15) is 0 Å². The van der Waals surface area contributed by atoms with Gasteiger partial charge in [-0.1, -0.05) is 12.1 Å². The van der Waals surface area contributed by atoms with Crippen molar-refractivity contribution in [2.45, 2.75) is 6.61 Å². The number of benzene rings is 1. The van der Waals surface area contributed by atoms with Crippen molar-refractivity contribution >= 4 is 17.2 Å². The van der Waals surface area contributed by atoms with E-state index in [2.05, 4.69) is 10.3 Å². The largest absolute Gasteiger partial charge is 0.380 e. The van der Waals surface area contributed by atoms with Crippen molar-refractivity contribution in [1.82, 2.24) is 14.4 Å². The molecule has 0 unspecified atom stereocenters. The smallest absolute Gasteiger partial charge is 0.144 e. The Morgan fingerprint density at radius 3 is 2.81 bits per heavy atom.